The third-order valence-electron chi connectivity index (χ3n) is 4.76. The van der Waals surface area contributed by atoms with E-state index in [9.17, 15) is 13.6 Å². The smallest absolute Gasteiger partial charge is 0.193 e. The highest BCUT2D eigenvalue weighted by atomic mass is 19.1. The van der Waals surface area contributed by atoms with E-state index in [1.54, 1.807) is 85.0 Å². The lowest BCUT2D eigenvalue weighted by Crippen LogP contribution is -2.03. The summed E-state index contributed by atoms with van der Waals surface area (Å²) in [7, 11) is 0. The molecule has 32 heavy (non-hydrogen) atoms. The van der Waals surface area contributed by atoms with Crippen molar-refractivity contribution in [3.63, 3.8) is 0 Å². The number of benzene rings is 2. The van der Waals surface area contributed by atoms with Crippen molar-refractivity contribution in [2.24, 2.45) is 0 Å². The highest BCUT2D eigenvalue weighted by molar-refractivity contribution is 6.09. The van der Waals surface area contributed by atoms with Gasteiger partial charge in [0, 0.05) is 34.6 Å². The van der Waals surface area contributed by atoms with Crippen LogP contribution in [-0.2, 0) is 0 Å². The predicted octanol–water partition coefficient (Wildman–Crippen LogP) is 6.33. The minimum absolute atomic E-state index is 0.198. The molecule has 0 aliphatic rings. The molecule has 2 aromatic carbocycles. The van der Waals surface area contributed by atoms with Crippen molar-refractivity contribution >= 4 is 30.1 Å². The Morgan fingerprint density at radius 2 is 1.06 bits per heavy atom. The number of ketones is 1. The maximum absolute atomic E-state index is 13.8. The van der Waals surface area contributed by atoms with Crippen LogP contribution in [0.5, 0.6) is 0 Å². The Hall–Kier alpha value is -4.25. The number of aromatic nitrogens is 2. The van der Waals surface area contributed by atoms with Crippen molar-refractivity contribution in [3.8, 4) is 0 Å². The molecule has 0 spiro atoms. The summed E-state index contributed by atoms with van der Waals surface area (Å²) in [6.45, 7) is 0. The van der Waals surface area contributed by atoms with Crippen LogP contribution in [0.3, 0.4) is 0 Å². The molecule has 5 heteroatoms. The Bertz CT molecular complexity index is 1230. The minimum atomic E-state index is -0.330. The first kappa shape index (κ1) is 21.0. The highest BCUT2D eigenvalue weighted by Crippen LogP contribution is 2.16. The number of hydrogen-bond donors (Lipinski definition) is 0. The van der Waals surface area contributed by atoms with Gasteiger partial charge >= 0.3 is 0 Å². The van der Waals surface area contributed by atoms with E-state index in [0.717, 1.165) is 0 Å². The molecule has 0 aliphatic carbocycles. The normalized spacial score (nSPS) is 11.3. The first-order valence-corrected chi connectivity index (χ1v) is 9.92. The first-order chi connectivity index (χ1) is 15.6. The molecule has 0 amide bonds. The zero-order chi connectivity index (χ0) is 22.3. The van der Waals surface area contributed by atoms with Gasteiger partial charge in [-0.3, -0.25) is 14.8 Å². The van der Waals surface area contributed by atoms with E-state index in [2.05, 4.69) is 9.97 Å². The maximum atomic E-state index is 13.8. The molecule has 0 fully saturated rings. The second-order valence-electron chi connectivity index (χ2n) is 6.98. The Morgan fingerprint density at radius 1 is 0.625 bits per heavy atom. The SMILES string of the molecule is O=C(c1ccnc(C=Cc2ccccc2F)c1)c1ccnc(C=Cc2ccccc2F)c1. The van der Waals surface area contributed by atoms with Crippen molar-refractivity contribution in [2.45, 2.75) is 0 Å². The standard InChI is InChI=1S/C27H18F2N2O/c28-25-7-3-1-5-19(25)9-11-23-17-21(13-15-30-23)27(32)22-14-16-31-24(18-22)12-10-20-6-2-4-8-26(20)29/h1-18H. The highest BCUT2D eigenvalue weighted by Gasteiger charge is 2.10. The summed E-state index contributed by atoms with van der Waals surface area (Å²) < 4.78 is 27.6. The lowest BCUT2D eigenvalue weighted by molar-refractivity contribution is 0.103. The maximum Gasteiger partial charge on any atom is 0.193 e. The molecular formula is C27H18F2N2O. The lowest BCUT2D eigenvalue weighted by Gasteiger charge is -2.04. The van der Waals surface area contributed by atoms with Gasteiger partial charge in [0.25, 0.3) is 0 Å². The van der Waals surface area contributed by atoms with Crippen LogP contribution < -0.4 is 0 Å². The van der Waals surface area contributed by atoms with E-state index in [-0.39, 0.29) is 17.4 Å². The van der Waals surface area contributed by atoms with E-state index in [0.29, 0.717) is 33.6 Å². The molecule has 0 unspecified atom stereocenters. The van der Waals surface area contributed by atoms with Gasteiger partial charge in [-0.05, 0) is 60.7 Å². The zero-order valence-corrected chi connectivity index (χ0v) is 17.0. The Morgan fingerprint density at radius 3 is 1.50 bits per heavy atom. The summed E-state index contributed by atoms with van der Waals surface area (Å²) in [6.07, 6.45) is 9.62. The third kappa shape index (κ3) is 5.08. The van der Waals surface area contributed by atoms with Gasteiger partial charge in [-0.2, -0.15) is 0 Å². The second-order valence-corrected chi connectivity index (χ2v) is 6.98. The van der Waals surface area contributed by atoms with Crippen LogP contribution in [0, 0.1) is 11.6 Å². The topological polar surface area (TPSA) is 42.9 Å². The monoisotopic (exact) mass is 424 g/mol. The van der Waals surface area contributed by atoms with Gasteiger partial charge in [0.2, 0.25) is 0 Å². The van der Waals surface area contributed by atoms with Crippen LogP contribution in [0.2, 0.25) is 0 Å². The van der Waals surface area contributed by atoms with Crippen molar-refractivity contribution in [3.05, 3.63) is 130 Å². The van der Waals surface area contributed by atoms with Gasteiger partial charge in [0.05, 0.1) is 11.4 Å². The number of nitrogens with zero attached hydrogens (tertiary/aromatic N) is 2. The van der Waals surface area contributed by atoms with Gasteiger partial charge < -0.3 is 0 Å². The predicted molar refractivity (Wildman–Crippen MR) is 123 cm³/mol. The van der Waals surface area contributed by atoms with Crippen LogP contribution in [0.1, 0.15) is 38.4 Å². The Labute approximate surface area is 184 Å². The van der Waals surface area contributed by atoms with E-state index in [1.807, 2.05) is 0 Å². The second kappa shape index (κ2) is 9.71. The molecule has 0 bridgehead atoms. The van der Waals surface area contributed by atoms with Crippen molar-refractivity contribution in [1.82, 2.24) is 9.97 Å². The Kier molecular flexibility index (Phi) is 6.37. The number of halogens is 2. The molecule has 0 aliphatic heterocycles. The van der Waals surface area contributed by atoms with Crippen LogP contribution in [0.15, 0.2) is 85.2 Å². The lowest BCUT2D eigenvalue weighted by atomic mass is 10.0. The quantitative estimate of drug-likeness (QED) is 0.340. The average molecular weight is 424 g/mol. The average Bonchev–Trinajstić information content (AvgIpc) is 2.83. The van der Waals surface area contributed by atoms with Crippen molar-refractivity contribution in [1.29, 1.82) is 0 Å². The van der Waals surface area contributed by atoms with Gasteiger partial charge in [-0.25, -0.2) is 8.78 Å². The molecular weight excluding hydrogens is 406 g/mol. The van der Waals surface area contributed by atoms with Gasteiger partial charge in [0.1, 0.15) is 11.6 Å². The molecule has 0 saturated carbocycles. The molecule has 0 saturated heterocycles. The largest absolute Gasteiger partial charge is 0.289 e. The van der Waals surface area contributed by atoms with Gasteiger partial charge in [-0.15, -0.1) is 0 Å². The fraction of sp³-hybridized carbons (Fsp3) is 0. The van der Waals surface area contributed by atoms with Crippen molar-refractivity contribution < 1.29 is 13.6 Å². The summed E-state index contributed by atoms with van der Waals surface area (Å²) in [5.41, 5.74) is 2.84. The van der Waals surface area contributed by atoms with E-state index >= 15 is 0 Å². The molecule has 2 heterocycles. The summed E-state index contributed by atoms with van der Waals surface area (Å²) in [4.78, 5) is 21.4. The number of carbonyl (C=O) groups is 1. The molecule has 156 valence electrons. The summed E-state index contributed by atoms with van der Waals surface area (Å²) >= 11 is 0. The molecule has 2 aromatic heterocycles. The first-order valence-electron chi connectivity index (χ1n) is 9.92. The number of pyridine rings is 2. The molecule has 4 aromatic rings. The fourth-order valence-corrected chi connectivity index (χ4v) is 3.10. The van der Waals surface area contributed by atoms with Gasteiger partial charge in [-0.1, -0.05) is 36.4 Å². The summed E-state index contributed by atoms with van der Waals surface area (Å²) in [5.74, 6) is -0.858. The molecule has 0 N–H and O–H groups in total. The number of hydrogen-bond acceptors (Lipinski definition) is 3. The Balaban J connectivity index is 1.55. The van der Waals surface area contributed by atoms with E-state index in [1.165, 1.54) is 24.5 Å². The van der Waals surface area contributed by atoms with Crippen LogP contribution in [0.4, 0.5) is 8.78 Å². The summed E-state index contributed by atoms with van der Waals surface area (Å²) in [6, 6.07) is 19.4. The summed E-state index contributed by atoms with van der Waals surface area (Å²) in [5, 5.41) is 0. The minimum Gasteiger partial charge on any atom is -0.289 e. The van der Waals surface area contributed by atoms with Crippen LogP contribution in [-0.4, -0.2) is 15.8 Å². The molecule has 3 nitrogen and oxygen atoms in total. The van der Waals surface area contributed by atoms with E-state index in [4.69, 9.17) is 0 Å². The third-order valence-corrected chi connectivity index (χ3v) is 4.76. The van der Waals surface area contributed by atoms with E-state index < -0.39 is 0 Å². The molecule has 4 rings (SSSR count). The fourth-order valence-electron chi connectivity index (χ4n) is 3.10. The molecule has 0 atom stereocenters. The van der Waals surface area contributed by atoms with Gasteiger partial charge in [0.15, 0.2) is 5.78 Å². The van der Waals surface area contributed by atoms with Crippen LogP contribution >= 0.6 is 0 Å². The molecule has 0 radical (unpaired) electrons. The zero-order valence-electron chi connectivity index (χ0n) is 17.0. The number of rotatable bonds is 6. The number of carbonyl (C=O) groups excluding carboxylic acids is 1. The van der Waals surface area contributed by atoms with Crippen LogP contribution in [0.25, 0.3) is 24.3 Å². The van der Waals surface area contributed by atoms with Crippen molar-refractivity contribution in [2.75, 3.05) is 0 Å².